The van der Waals surface area contributed by atoms with Gasteiger partial charge in [-0.25, -0.2) is 4.79 Å². The minimum absolute atomic E-state index is 0.219. The predicted molar refractivity (Wildman–Crippen MR) is 68.2 cm³/mol. The molecule has 0 saturated carbocycles. The topological polar surface area (TPSA) is 39.4 Å². The molecule has 4 heteroatoms. The van der Waals surface area contributed by atoms with Crippen molar-refractivity contribution < 1.29 is 13.9 Å². The summed E-state index contributed by atoms with van der Waals surface area (Å²) in [6.07, 6.45) is 0. The van der Waals surface area contributed by atoms with Crippen LogP contribution in [-0.4, -0.2) is 13.1 Å². The fraction of sp³-hybridized carbons (Fsp3) is 0.0833. The number of halogens is 1. The molecule has 1 aromatic carbocycles. The first-order valence-electron chi connectivity index (χ1n) is 4.65. The smallest absolute Gasteiger partial charge is 0.373 e. The molecule has 0 spiro atoms. The Hall–Kier alpha value is -1.30. The zero-order valence-electron chi connectivity index (χ0n) is 8.57. The van der Waals surface area contributed by atoms with Crippen molar-refractivity contribution in [3.8, 4) is 11.3 Å². The van der Waals surface area contributed by atoms with Crippen molar-refractivity contribution in [3.63, 3.8) is 0 Å². The Bertz CT molecular complexity index is 499. The van der Waals surface area contributed by atoms with Crippen LogP contribution in [0.25, 0.3) is 11.3 Å². The summed E-state index contributed by atoms with van der Waals surface area (Å²) in [5.41, 5.74) is 0.940. The molecule has 1 aromatic heterocycles. The van der Waals surface area contributed by atoms with E-state index in [1.807, 2.05) is 24.3 Å². The van der Waals surface area contributed by atoms with Crippen molar-refractivity contribution in [2.24, 2.45) is 0 Å². The van der Waals surface area contributed by atoms with E-state index in [0.717, 1.165) is 9.13 Å². The van der Waals surface area contributed by atoms with Crippen LogP contribution < -0.4 is 0 Å². The number of ether oxygens (including phenoxy) is 1. The van der Waals surface area contributed by atoms with Gasteiger partial charge in [0.2, 0.25) is 5.76 Å². The van der Waals surface area contributed by atoms with Crippen molar-refractivity contribution in [1.29, 1.82) is 0 Å². The summed E-state index contributed by atoms with van der Waals surface area (Å²) in [7, 11) is 1.33. The number of benzene rings is 1. The van der Waals surface area contributed by atoms with Crippen molar-refractivity contribution in [2.75, 3.05) is 7.11 Å². The fourth-order valence-corrected chi connectivity index (χ4v) is 1.68. The zero-order valence-corrected chi connectivity index (χ0v) is 10.7. The van der Waals surface area contributed by atoms with Crippen LogP contribution in [0.4, 0.5) is 0 Å². The van der Waals surface area contributed by atoms with E-state index < -0.39 is 5.97 Å². The third-order valence-corrected chi connectivity index (χ3v) is 2.84. The van der Waals surface area contributed by atoms with Gasteiger partial charge in [0.25, 0.3) is 0 Å². The normalized spacial score (nSPS) is 10.1. The van der Waals surface area contributed by atoms with Gasteiger partial charge in [0, 0.05) is 9.13 Å². The van der Waals surface area contributed by atoms with Gasteiger partial charge in [0.15, 0.2) is 0 Å². The monoisotopic (exact) mass is 328 g/mol. The molecule has 0 atom stereocenters. The molecule has 0 aliphatic heterocycles. The van der Waals surface area contributed by atoms with Gasteiger partial charge >= 0.3 is 5.97 Å². The average molecular weight is 328 g/mol. The average Bonchev–Trinajstić information content (AvgIpc) is 2.78. The Balaban J connectivity index is 2.31. The molecule has 0 N–H and O–H groups in total. The van der Waals surface area contributed by atoms with Crippen molar-refractivity contribution in [2.45, 2.75) is 0 Å². The van der Waals surface area contributed by atoms with Gasteiger partial charge in [-0.15, -0.1) is 0 Å². The number of furan rings is 1. The molecule has 2 rings (SSSR count). The second-order valence-corrected chi connectivity index (χ2v) is 4.41. The number of esters is 1. The highest BCUT2D eigenvalue weighted by Crippen LogP contribution is 2.23. The Kier molecular flexibility index (Phi) is 3.28. The minimum Gasteiger partial charge on any atom is -0.463 e. The number of hydrogen-bond donors (Lipinski definition) is 0. The largest absolute Gasteiger partial charge is 0.463 e. The van der Waals surface area contributed by atoms with Gasteiger partial charge in [-0.1, -0.05) is 12.1 Å². The maximum Gasteiger partial charge on any atom is 0.373 e. The molecule has 82 valence electrons. The van der Waals surface area contributed by atoms with E-state index in [4.69, 9.17) is 4.42 Å². The molecule has 0 aliphatic rings. The highest BCUT2D eigenvalue weighted by atomic mass is 127. The molecule has 0 aliphatic carbocycles. The van der Waals surface area contributed by atoms with Crippen LogP contribution >= 0.6 is 22.6 Å². The van der Waals surface area contributed by atoms with Gasteiger partial charge in [-0.05, 0) is 46.9 Å². The Labute approximate surface area is 107 Å². The predicted octanol–water partition coefficient (Wildman–Crippen LogP) is 3.34. The molecular formula is C12H9IO3. The lowest BCUT2D eigenvalue weighted by Gasteiger charge is -1.97. The molecule has 3 nitrogen and oxygen atoms in total. The van der Waals surface area contributed by atoms with Crippen LogP contribution in [0.1, 0.15) is 10.6 Å². The summed E-state index contributed by atoms with van der Waals surface area (Å²) < 4.78 is 11.1. The second-order valence-electron chi connectivity index (χ2n) is 3.16. The van der Waals surface area contributed by atoms with Crippen LogP contribution in [0.15, 0.2) is 40.8 Å². The van der Waals surface area contributed by atoms with Crippen molar-refractivity contribution in [3.05, 3.63) is 45.7 Å². The number of methoxy groups -OCH3 is 1. The van der Waals surface area contributed by atoms with Crippen molar-refractivity contribution >= 4 is 28.6 Å². The summed E-state index contributed by atoms with van der Waals surface area (Å²) in [4.78, 5) is 11.2. The van der Waals surface area contributed by atoms with Crippen LogP contribution in [0.2, 0.25) is 0 Å². The van der Waals surface area contributed by atoms with Gasteiger partial charge in [0.1, 0.15) is 5.76 Å². The summed E-state index contributed by atoms with van der Waals surface area (Å²) in [6, 6.07) is 11.2. The van der Waals surface area contributed by atoms with Gasteiger partial charge in [-0.3, -0.25) is 0 Å². The number of carbonyl (C=O) groups excluding carboxylic acids is 1. The lowest BCUT2D eigenvalue weighted by molar-refractivity contribution is 0.0566. The third kappa shape index (κ3) is 2.27. The first-order chi connectivity index (χ1) is 7.70. The fourth-order valence-electron chi connectivity index (χ4n) is 1.32. The van der Waals surface area contributed by atoms with E-state index in [0.29, 0.717) is 5.76 Å². The Morgan fingerprint density at radius 2 is 1.88 bits per heavy atom. The van der Waals surface area contributed by atoms with Crippen LogP contribution in [-0.2, 0) is 4.74 Å². The van der Waals surface area contributed by atoms with E-state index in [2.05, 4.69) is 27.3 Å². The minimum atomic E-state index is -0.461. The molecule has 0 radical (unpaired) electrons. The Morgan fingerprint density at radius 1 is 1.19 bits per heavy atom. The summed E-state index contributed by atoms with van der Waals surface area (Å²) in [5.74, 6) is 0.421. The number of carbonyl (C=O) groups is 1. The molecule has 1 heterocycles. The highest BCUT2D eigenvalue weighted by Gasteiger charge is 2.11. The van der Waals surface area contributed by atoms with Crippen LogP contribution in [0.3, 0.4) is 0 Å². The van der Waals surface area contributed by atoms with E-state index in [1.54, 1.807) is 12.1 Å². The van der Waals surface area contributed by atoms with Crippen LogP contribution in [0.5, 0.6) is 0 Å². The SMILES string of the molecule is COC(=O)c1ccc(-c2ccc(I)cc2)o1. The lowest BCUT2D eigenvalue weighted by atomic mass is 10.2. The van der Waals surface area contributed by atoms with E-state index in [9.17, 15) is 4.79 Å². The molecule has 0 fully saturated rings. The van der Waals surface area contributed by atoms with Gasteiger partial charge < -0.3 is 9.15 Å². The van der Waals surface area contributed by atoms with E-state index in [-0.39, 0.29) is 5.76 Å². The highest BCUT2D eigenvalue weighted by molar-refractivity contribution is 14.1. The molecule has 0 amide bonds. The quantitative estimate of drug-likeness (QED) is 0.627. The standard InChI is InChI=1S/C12H9IO3/c1-15-12(14)11-7-6-10(16-11)8-2-4-9(13)5-3-8/h2-7H,1H3. The summed E-state index contributed by atoms with van der Waals surface area (Å²) >= 11 is 2.23. The molecule has 2 aromatic rings. The van der Waals surface area contributed by atoms with Crippen molar-refractivity contribution in [1.82, 2.24) is 0 Å². The molecular weight excluding hydrogens is 319 g/mol. The zero-order chi connectivity index (χ0) is 11.5. The lowest BCUT2D eigenvalue weighted by Crippen LogP contribution is -1.98. The van der Waals surface area contributed by atoms with E-state index >= 15 is 0 Å². The maximum absolute atomic E-state index is 11.2. The Morgan fingerprint density at radius 3 is 2.50 bits per heavy atom. The number of hydrogen-bond acceptors (Lipinski definition) is 3. The first kappa shape index (κ1) is 11.2. The second kappa shape index (κ2) is 4.69. The van der Waals surface area contributed by atoms with Crippen LogP contribution in [0, 0.1) is 3.57 Å². The number of rotatable bonds is 2. The summed E-state index contributed by atoms with van der Waals surface area (Å²) in [5, 5.41) is 0. The van der Waals surface area contributed by atoms with E-state index in [1.165, 1.54) is 7.11 Å². The molecule has 16 heavy (non-hydrogen) atoms. The first-order valence-corrected chi connectivity index (χ1v) is 5.72. The molecule has 0 saturated heterocycles. The van der Waals surface area contributed by atoms with Gasteiger partial charge in [0.05, 0.1) is 7.11 Å². The molecule has 0 unspecified atom stereocenters. The third-order valence-electron chi connectivity index (χ3n) is 2.12. The van der Waals surface area contributed by atoms with Gasteiger partial charge in [-0.2, -0.15) is 0 Å². The maximum atomic E-state index is 11.2. The molecule has 0 bridgehead atoms. The summed E-state index contributed by atoms with van der Waals surface area (Å²) in [6.45, 7) is 0.